The van der Waals surface area contributed by atoms with E-state index in [4.69, 9.17) is 9.47 Å². The average Bonchev–Trinajstić information content (AvgIpc) is 2.67. The molecule has 0 unspecified atom stereocenters. The summed E-state index contributed by atoms with van der Waals surface area (Å²) in [5.41, 5.74) is 2.39. The maximum atomic E-state index is 12.3. The van der Waals surface area contributed by atoms with Gasteiger partial charge in [0, 0.05) is 31.4 Å². The highest BCUT2D eigenvalue weighted by Crippen LogP contribution is 2.22. The second kappa shape index (κ2) is 8.69. The fraction of sp³-hybridized carbons (Fsp3) is 0.421. The summed E-state index contributed by atoms with van der Waals surface area (Å²) in [5.74, 6) is 0.919. The van der Waals surface area contributed by atoms with E-state index in [1.165, 1.54) is 0 Å². The molecular weight excluding hydrogens is 318 g/mol. The van der Waals surface area contributed by atoms with Gasteiger partial charge in [-0.05, 0) is 36.6 Å². The van der Waals surface area contributed by atoms with Crippen LogP contribution in [0.3, 0.4) is 0 Å². The Morgan fingerprint density at radius 1 is 1.40 bits per heavy atom. The molecule has 0 aliphatic carbocycles. The molecule has 1 saturated heterocycles. The van der Waals surface area contributed by atoms with Crippen LogP contribution in [0.2, 0.25) is 0 Å². The van der Waals surface area contributed by atoms with Gasteiger partial charge in [0.2, 0.25) is 0 Å². The van der Waals surface area contributed by atoms with Gasteiger partial charge in [-0.1, -0.05) is 12.1 Å². The predicted octanol–water partition coefficient (Wildman–Crippen LogP) is 2.45. The van der Waals surface area contributed by atoms with Crippen LogP contribution in [-0.2, 0) is 22.6 Å². The van der Waals surface area contributed by atoms with Crippen LogP contribution >= 0.6 is 0 Å². The lowest BCUT2D eigenvalue weighted by atomic mass is 10.0. The number of methoxy groups -OCH3 is 1. The van der Waals surface area contributed by atoms with Crippen LogP contribution < -0.4 is 5.32 Å². The van der Waals surface area contributed by atoms with Gasteiger partial charge in [-0.3, -0.25) is 4.79 Å². The van der Waals surface area contributed by atoms with Crippen molar-refractivity contribution < 1.29 is 14.3 Å². The second-order valence-electron chi connectivity index (χ2n) is 6.14. The van der Waals surface area contributed by atoms with E-state index in [9.17, 15) is 4.79 Å². The van der Waals surface area contributed by atoms with Gasteiger partial charge in [-0.15, -0.1) is 0 Å². The van der Waals surface area contributed by atoms with Crippen molar-refractivity contribution in [2.24, 2.45) is 0 Å². The third-order valence-electron chi connectivity index (χ3n) is 4.19. The quantitative estimate of drug-likeness (QED) is 0.874. The SMILES string of the molecule is COCc1cccc(C(=O)NCc2ccnc([C@@H]3CCCOC3)n2)c1. The van der Waals surface area contributed by atoms with E-state index < -0.39 is 0 Å². The van der Waals surface area contributed by atoms with Gasteiger partial charge in [0.05, 0.1) is 25.5 Å². The van der Waals surface area contributed by atoms with Crippen LogP contribution in [0.4, 0.5) is 0 Å². The lowest BCUT2D eigenvalue weighted by molar-refractivity contribution is 0.0779. The Balaban J connectivity index is 1.61. The lowest BCUT2D eigenvalue weighted by Gasteiger charge is -2.20. The Bertz CT molecular complexity index is 715. The van der Waals surface area contributed by atoms with Gasteiger partial charge >= 0.3 is 0 Å². The molecule has 1 aliphatic rings. The van der Waals surface area contributed by atoms with Crippen molar-refractivity contribution in [3.63, 3.8) is 0 Å². The summed E-state index contributed by atoms with van der Waals surface area (Å²) in [6.45, 7) is 2.34. The molecule has 0 spiro atoms. The number of carbonyl (C=O) groups excluding carboxylic acids is 1. The minimum atomic E-state index is -0.126. The average molecular weight is 341 g/mol. The van der Waals surface area contributed by atoms with E-state index in [1.54, 1.807) is 19.4 Å². The zero-order valence-electron chi connectivity index (χ0n) is 14.4. The number of nitrogens with zero attached hydrogens (tertiary/aromatic N) is 2. The molecule has 1 amide bonds. The van der Waals surface area contributed by atoms with Gasteiger partial charge in [0.1, 0.15) is 5.82 Å². The van der Waals surface area contributed by atoms with Gasteiger partial charge in [-0.25, -0.2) is 9.97 Å². The van der Waals surface area contributed by atoms with Crippen molar-refractivity contribution in [2.75, 3.05) is 20.3 Å². The van der Waals surface area contributed by atoms with Crippen molar-refractivity contribution in [1.82, 2.24) is 15.3 Å². The van der Waals surface area contributed by atoms with Crippen molar-refractivity contribution in [1.29, 1.82) is 0 Å². The first kappa shape index (κ1) is 17.5. The maximum absolute atomic E-state index is 12.3. The predicted molar refractivity (Wildman–Crippen MR) is 93.2 cm³/mol. The van der Waals surface area contributed by atoms with E-state index in [-0.39, 0.29) is 11.8 Å². The Labute approximate surface area is 147 Å². The summed E-state index contributed by atoms with van der Waals surface area (Å²) < 4.78 is 10.6. The van der Waals surface area contributed by atoms with Crippen LogP contribution in [0.1, 0.15) is 46.2 Å². The monoisotopic (exact) mass is 341 g/mol. The van der Waals surface area contributed by atoms with E-state index in [2.05, 4.69) is 15.3 Å². The van der Waals surface area contributed by atoms with Crippen LogP contribution in [-0.4, -0.2) is 36.2 Å². The minimum absolute atomic E-state index is 0.126. The number of aromatic nitrogens is 2. The van der Waals surface area contributed by atoms with Crippen LogP contribution in [0, 0.1) is 0 Å². The topological polar surface area (TPSA) is 73.3 Å². The molecule has 1 aromatic carbocycles. The Morgan fingerprint density at radius 3 is 3.12 bits per heavy atom. The van der Waals surface area contributed by atoms with Crippen LogP contribution in [0.25, 0.3) is 0 Å². The summed E-state index contributed by atoms with van der Waals surface area (Å²) in [6, 6.07) is 9.25. The summed E-state index contributed by atoms with van der Waals surface area (Å²) >= 11 is 0. The third-order valence-corrected chi connectivity index (χ3v) is 4.19. The Morgan fingerprint density at radius 2 is 2.32 bits per heavy atom. The zero-order valence-corrected chi connectivity index (χ0v) is 14.4. The molecule has 6 heteroatoms. The van der Waals surface area contributed by atoms with E-state index in [1.807, 2.05) is 24.3 Å². The fourth-order valence-electron chi connectivity index (χ4n) is 2.89. The first-order chi connectivity index (χ1) is 12.3. The van der Waals surface area contributed by atoms with Gasteiger partial charge in [0.15, 0.2) is 0 Å². The van der Waals surface area contributed by atoms with Gasteiger partial charge < -0.3 is 14.8 Å². The molecule has 1 aliphatic heterocycles. The summed E-state index contributed by atoms with van der Waals surface area (Å²) in [4.78, 5) is 21.3. The Kier molecular flexibility index (Phi) is 6.09. The van der Waals surface area contributed by atoms with Crippen molar-refractivity contribution in [3.8, 4) is 0 Å². The highest BCUT2D eigenvalue weighted by molar-refractivity contribution is 5.94. The highest BCUT2D eigenvalue weighted by atomic mass is 16.5. The number of hydrogen-bond acceptors (Lipinski definition) is 5. The van der Waals surface area contributed by atoms with Crippen molar-refractivity contribution in [2.45, 2.75) is 31.9 Å². The van der Waals surface area contributed by atoms with E-state index in [0.717, 1.165) is 36.5 Å². The molecular formula is C19H23N3O3. The normalized spacial score (nSPS) is 17.2. The Hall–Kier alpha value is -2.31. The summed E-state index contributed by atoms with van der Waals surface area (Å²) in [7, 11) is 1.64. The molecule has 0 bridgehead atoms. The number of benzene rings is 1. The molecule has 3 rings (SSSR count). The number of hydrogen-bond donors (Lipinski definition) is 1. The molecule has 2 heterocycles. The minimum Gasteiger partial charge on any atom is -0.381 e. The lowest BCUT2D eigenvalue weighted by Crippen LogP contribution is -2.24. The molecule has 25 heavy (non-hydrogen) atoms. The van der Waals surface area contributed by atoms with Crippen molar-refractivity contribution >= 4 is 5.91 Å². The zero-order chi connectivity index (χ0) is 17.5. The van der Waals surface area contributed by atoms with Crippen LogP contribution in [0.5, 0.6) is 0 Å². The van der Waals surface area contributed by atoms with Crippen LogP contribution in [0.15, 0.2) is 36.5 Å². The van der Waals surface area contributed by atoms with Gasteiger partial charge in [0.25, 0.3) is 5.91 Å². The number of ether oxygens (including phenoxy) is 2. The summed E-state index contributed by atoms with van der Waals surface area (Å²) in [6.07, 6.45) is 3.83. The summed E-state index contributed by atoms with van der Waals surface area (Å²) in [5, 5.41) is 2.91. The highest BCUT2D eigenvalue weighted by Gasteiger charge is 2.19. The molecule has 0 saturated carbocycles. The number of nitrogens with one attached hydrogen (secondary N) is 1. The molecule has 0 radical (unpaired) electrons. The smallest absolute Gasteiger partial charge is 0.251 e. The fourth-order valence-corrected chi connectivity index (χ4v) is 2.89. The molecule has 1 aromatic heterocycles. The first-order valence-electron chi connectivity index (χ1n) is 8.52. The largest absolute Gasteiger partial charge is 0.381 e. The third kappa shape index (κ3) is 4.84. The standard InChI is InChI=1S/C19H23N3O3/c1-24-12-14-4-2-5-15(10-14)19(23)21-11-17-7-8-20-18(22-17)16-6-3-9-25-13-16/h2,4-5,7-8,10,16H,3,6,9,11-13H2,1H3,(H,21,23)/t16-/m1/s1. The van der Waals surface area contributed by atoms with Gasteiger partial charge in [-0.2, -0.15) is 0 Å². The van der Waals surface area contributed by atoms with Crippen molar-refractivity contribution in [3.05, 3.63) is 59.2 Å². The molecule has 6 nitrogen and oxygen atoms in total. The number of rotatable bonds is 6. The molecule has 2 aromatic rings. The molecule has 1 N–H and O–H groups in total. The second-order valence-corrected chi connectivity index (χ2v) is 6.14. The maximum Gasteiger partial charge on any atom is 0.251 e. The van der Waals surface area contributed by atoms with E-state index in [0.29, 0.717) is 25.3 Å². The number of amides is 1. The molecule has 1 fully saturated rings. The molecule has 132 valence electrons. The number of carbonyl (C=O) groups is 1. The van der Waals surface area contributed by atoms with E-state index >= 15 is 0 Å². The molecule has 1 atom stereocenters. The first-order valence-corrected chi connectivity index (χ1v) is 8.52.